The first-order valence-corrected chi connectivity index (χ1v) is 10.5. The van der Waals surface area contributed by atoms with Gasteiger partial charge in [-0.05, 0) is 18.8 Å². The largest absolute Gasteiger partial charge is 0.480 e. The van der Waals surface area contributed by atoms with Gasteiger partial charge in [-0.3, -0.25) is 24.0 Å². The van der Waals surface area contributed by atoms with Crippen LogP contribution in [0.4, 0.5) is 0 Å². The molecule has 0 rings (SSSR count). The number of carbonyl (C=O) groups is 6. The molecule has 0 heterocycles. The molecule has 0 bridgehead atoms. The summed E-state index contributed by atoms with van der Waals surface area (Å²) < 4.78 is 0. The summed E-state index contributed by atoms with van der Waals surface area (Å²) in [4.78, 5) is 70.6. The van der Waals surface area contributed by atoms with Crippen molar-refractivity contribution in [3.05, 3.63) is 0 Å². The Hall–Kier alpha value is -2.87. The van der Waals surface area contributed by atoms with Crippen molar-refractivity contribution in [2.75, 3.05) is 5.75 Å². The minimum atomic E-state index is -1.27. The molecule has 0 saturated heterocycles. The number of nitrogens with two attached hydrogens (primary N) is 3. The number of carboxylic acids is 1. The first-order chi connectivity index (χ1) is 14.8. The number of aliphatic carboxylic acids is 1. The van der Waals surface area contributed by atoms with Crippen molar-refractivity contribution >= 4 is 48.1 Å². The van der Waals surface area contributed by atoms with Gasteiger partial charge in [-0.15, -0.1) is 0 Å². The highest BCUT2D eigenvalue weighted by Crippen LogP contribution is 2.05. The lowest BCUT2D eigenvalue weighted by atomic mass is 10.0. The molecule has 32 heavy (non-hydrogen) atoms. The van der Waals surface area contributed by atoms with Gasteiger partial charge in [0, 0.05) is 18.6 Å². The molecule has 0 aliphatic heterocycles. The fraction of sp³-hybridized carbons (Fsp3) is 0.667. The number of hydrogen-bond donors (Lipinski definition) is 8. The molecule has 0 spiro atoms. The molecule has 14 heteroatoms. The number of carboxylic acid groups (broad SMARTS) is 1. The fourth-order valence-corrected chi connectivity index (χ4v) is 2.75. The second-order valence-electron chi connectivity index (χ2n) is 7.49. The normalized spacial score (nSPS) is 14.5. The van der Waals surface area contributed by atoms with Gasteiger partial charge in [0.15, 0.2) is 0 Å². The summed E-state index contributed by atoms with van der Waals surface area (Å²) in [7, 11) is 0. The van der Waals surface area contributed by atoms with Gasteiger partial charge in [0.2, 0.25) is 29.5 Å². The lowest BCUT2D eigenvalue weighted by molar-refractivity contribution is -0.143. The standard InChI is InChI=1S/C18H32N6O7S/c1-8(2)14(18(30)31)24-17(29)11(7-32)23-16(28)10(4-6-13(21)26)22-15(27)9(19)3-5-12(20)25/h8-11,14,32H,3-7,19H2,1-2H3,(H2,20,25)(H2,21,26)(H,22,27)(H,23,28)(H,24,29)(H,30,31). The maximum atomic E-state index is 12.7. The van der Waals surface area contributed by atoms with Crippen molar-refractivity contribution in [3.8, 4) is 0 Å². The predicted octanol–water partition coefficient (Wildman–Crippen LogP) is -3.03. The van der Waals surface area contributed by atoms with Gasteiger partial charge in [-0.25, -0.2) is 4.79 Å². The number of hydrogen-bond acceptors (Lipinski definition) is 8. The summed E-state index contributed by atoms with van der Waals surface area (Å²) >= 11 is 4.01. The minimum Gasteiger partial charge on any atom is -0.480 e. The van der Waals surface area contributed by atoms with Crippen LogP contribution >= 0.6 is 12.6 Å². The number of thiol groups is 1. The highest BCUT2D eigenvalue weighted by molar-refractivity contribution is 7.80. The molecule has 4 atom stereocenters. The second-order valence-corrected chi connectivity index (χ2v) is 7.86. The van der Waals surface area contributed by atoms with E-state index in [4.69, 9.17) is 17.2 Å². The first-order valence-electron chi connectivity index (χ1n) is 9.87. The van der Waals surface area contributed by atoms with Crippen molar-refractivity contribution in [1.82, 2.24) is 16.0 Å². The number of rotatable bonds is 15. The monoisotopic (exact) mass is 476 g/mol. The molecule has 182 valence electrons. The zero-order valence-corrected chi connectivity index (χ0v) is 18.9. The van der Waals surface area contributed by atoms with E-state index in [9.17, 15) is 33.9 Å². The summed E-state index contributed by atoms with van der Waals surface area (Å²) in [6, 6.07) is -4.82. The molecule has 0 aliphatic rings. The third-order valence-corrected chi connectivity index (χ3v) is 4.76. The predicted molar refractivity (Wildman–Crippen MR) is 117 cm³/mol. The molecule has 5 amide bonds. The molecular formula is C18H32N6O7S. The Morgan fingerprint density at radius 2 is 1.28 bits per heavy atom. The lowest BCUT2D eigenvalue weighted by Gasteiger charge is -2.25. The zero-order chi connectivity index (χ0) is 25.0. The molecule has 0 aromatic carbocycles. The molecule has 4 unspecified atom stereocenters. The van der Waals surface area contributed by atoms with Crippen LogP contribution in [-0.2, 0) is 28.8 Å². The number of carbonyl (C=O) groups excluding carboxylic acids is 5. The summed E-state index contributed by atoms with van der Waals surface area (Å²) in [6.07, 6.45) is -0.630. The van der Waals surface area contributed by atoms with Gasteiger partial charge in [-0.2, -0.15) is 12.6 Å². The highest BCUT2D eigenvalue weighted by atomic mass is 32.1. The van der Waals surface area contributed by atoms with E-state index >= 15 is 0 Å². The van der Waals surface area contributed by atoms with Crippen LogP contribution in [0.1, 0.15) is 39.5 Å². The average Bonchev–Trinajstić information content (AvgIpc) is 2.69. The van der Waals surface area contributed by atoms with E-state index in [0.29, 0.717) is 0 Å². The Morgan fingerprint density at radius 3 is 1.72 bits per heavy atom. The first kappa shape index (κ1) is 29.1. The van der Waals surface area contributed by atoms with E-state index in [1.54, 1.807) is 13.8 Å². The zero-order valence-electron chi connectivity index (χ0n) is 18.0. The third kappa shape index (κ3) is 10.9. The Balaban J connectivity index is 5.29. The molecule has 0 aromatic rings. The van der Waals surface area contributed by atoms with Gasteiger partial charge >= 0.3 is 5.97 Å². The van der Waals surface area contributed by atoms with E-state index in [1.807, 2.05) is 0 Å². The lowest BCUT2D eigenvalue weighted by Crippen LogP contribution is -2.58. The van der Waals surface area contributed by atoms with Crippen molar-refractivity contribution in [2.45, 2.75) is 63.7 Å². The van der Waals surface area contributed by atoms with Crippen LogP contribution in [0.5, 0.6) is 0 Å². The Labute approximate surface area is 191 Å². The molecule has 0 aromatic heterocycles. The van der Waals surface area contributed by atoms with Crippen molar-refractivity contribution in [2.24, 2.45) is 23.1 Å². The van der Waals surface area contributed by atoms with Gasteiger partial charge in [0.1, 0.15) is 18.1 Å². The quantitative estimate of drug-likeness (QED) is 0.113. The van der Waals surface area contributed by atoms with Crippen molar-refractivity contribution in [3.63, 3.8) is 0 Å². The molecule has 13 nitrogen and oxygen atoms in total. The van der Waals surface area contributed by atoms with Crippen LogP contribution in [0.15, 0.2) is 0 Å². The van der Waals surface area contributed by atoms with E-state index in [-0.39, 0.29) is 31.4 Å². The SMILES string of the molecule is CC(C)C(NC(=O)C(CS)NC(=O)C(CCC(N)=O)NC(=O)C(N)CCC(N)=O)C(=O)O. The third-order valence-electron chi connectivity index (χ3n) is 4.40. The molecule has 0 saturated carbocycles. The molecule has 10 N–H and O–H groups in total. The maximum Gasteiger partial charge on any atom is 0.326 e. The van der Waals surface area contributed by atoms with Crippen LogP contribution in [0.25, 0.3) is 0 Å². The maximum absolute atomic E-state index is 12.7. The molecular weight excluding hydrogens is 444 g/mol. The number of amides is 5. The smallest absolute Gasteiger partial charge is 0.326 e. The summed E-state index contributed by atoms with van der Waals surface area (Å²) in [6.45, 7) is 3.20. The summed E-state index contributed by atoms with van der Waals surface area (Å²) in [5, 5.41) is 16.3. The average molecular weight is 477 g/mol. The van der Waals surface area contributed by atoms with E-state index in [0.717, 1.165) is 0 Å². The van der Waals surface area contributed by atoms with Crippen LogP contribution < -0.4 is 33.2 Å². The van der Waals surface area contributed by atoms with Crippen molar-refractivity contribution in [1.29, 1.82) is 0 Å². The van der Waals surface area contributed by atoms with Crippen molar-refractivity contribution < 1.29 is 33.9 Å². The van der Waals surface area contributed by atoms with Gasteiger partial charge in [-0.1, -0.05) is 13.8 Å². The minimum absolute atomic E-state index is 0.0568. The molecule has 0 radical (unpaired) electrons. The molecule has 0 fully saturated rings. The highest BCUT2D eigenvalue weighted by Gasteiger charge is 2.30. The van der Waals surface area contributed by atoms with E-state index in [1.165, 1.54) is 0 Å². The van der Waals surface area contributed by atoms with Crippen LogP contribution in [0.2, 0.25) is 0 Å². The topological polar surface area (TPSA) is 237 Å². The summed E-state index contributed by atoms with van der Waals surface area (Å²) in [5.74, 6) is -5.59. The van der Waals surface area contributed by atoms with Gasteiger partial charge < -0.3 is 38.3 Å². The number of primary amides is 2. The molecule has 0 aliphatic carbocycles. The second kappa shape index (κ2) is 14.2. The number of nitrogens with one attached hydrogen (secondary N) is 3. The van der Waals surface area contributed by atoms with E-state index in [2.05, 4.69) is 28.6 Å². The Kier molecular flexibility index (Phi) is 13.0. The Bertz CT molecular complexity index is 718. The van der Waals surface area contributed by atoms with Crippen LogP contribution in [0, 0.1) is 5.92 Å². The van der Waals surface area contributed by atoms with Crippen LogP contribution in [-0.4, -0.2) is 70.5 Å². The fourth-order valence-electron chi connectivity index (χ4n) is 2.50. The van der Waals surface area contributed by atoms with E-state index < -0.39 is 65.6 Å². The summed E-state index contributed by atoms with van der Waals surface area (Å²) in [5.41, 5.74) is 15.8. The Morgan fingerprint density at radius 1 is 0.812 bits per heavy atom. The van der Waals surface area contributed by atoms with Gasteiger partial charge in [0.25, 0.3) is 0 Å². The van der Waals surface area contributed by atoms with Gasteiger partial charge in [0.05, 0.1) is 6.04 Å². The van der Waals surface area contributed by atoms with Crippen LogP contribution in [0.3, 0.4) is 0 Å².